The monoisotopic (exact) mass is 580 g/mol. The van der Waals surface area contributed by atoms with Crippen molar-refractivity contribution in [3.63, 3.8) is 0 Å². The molecule has 2 heterocycles. The first-order valence-electron chi connectivity index (χ1n) is 12.6. The second-order valence-corrected chi connectivity index (χ2v) is 10.0. The van der Waals surface area contributed by atoms with Gasteiger partial charge in [-0.3, -0.25) is 0 Å². The van der Waals surface area contributed by atoms with Crippen molar-refractivity contribution in [2.45, 2.75) is 44.6 Å². The molecule has 0 saturated heterocycles. The molecule has 10 nitrogen and oxygen atoms in total. The number of methoxy groups -OCH3 is 1. The number of hydrogen-bond donors (Lipinski definition) is 0. The Morgan fingerprint density at radius 1 is 0.854 bits per heavy atom. The lowest BCUT2D eigenvalue weighted by Gasteiger charge is -2.32. The van der Waals surface area contributed by atoms with Crippen LogP contribution in [0.5, 0.6) is 5.75 Å². The molecule has 5 rings (SSSR count). The van der Waals surface area contributed by atoms with Gasteiger partial charge in [-0.2, -0.15) is 0 Å². The molecule has 3 aromatic carbocycles. The van der Waals surface area contributed by atoms with Gasteiger partial charge in [-0.25, -0.2) is 19.2 Å². The molecule has 0 aromatic heterocycles. The van der Waals surface area contributed by atoms with Crippen molar-refractivity contribution >= 4 is 35.5 Å². The summed E-state index contributed by atoms with van der Waals surface area (Å²) in [7, 11) is 1.45. The topological polar surface area (TPSA) is 124 Å². The lowest BCUT2D eigenvalue weighted by Crippen LogP contribution is -2.54. The average Bonchev–Trinajstić information content (AvgIpc) is 3.43. The number of hydrogen-bond acceptors (Lipinski definition) is 10. The second-order valence-electron chi connectivity index (χ2n) is 9.60. The Morgan fingerprint density at radius 2 is 1.37 bits per heavy atom. The van der Waals surface area contributed by atoms with Gasteiger partial charge in [0.25, 0.3) is 18.2 Å². The Bertz CT molecular complexity index is 1450. The molecular formula is C30H25ClO10. The first kappa shape index (κ1) is 28.1. The number of rotatable bonds is 9. The summed E-state index contributed by atoms with van der Waals surface area (Å²) in [5, 5.41) is 0.225. The van der Waals surface area contributed by atoms with E-state index in [0.29, 0.717) is 22.4 Å². The fourth-order valence-electron chi connectivity index (χ4n) is 4.66. The van der Waals surface area contributed by atoms with Crippen molar-refractivity contribution in [3.8, 4) is 5.75 Å². The molecule has 0 radical (unpaired) electrons. The van der Waals surface area contributed by atoms with Crippen LogP contribution in [-0.2, 0) is 39.7 Å². The van der Waals surface area contributed by atoms with E-state index in [9.17, 15) is 19.2 Å². The quantitative estimate of drug-likeness (QED) is 0.255. The van der Waals surface area contributed by atoms with E-state index in [0.717, 1.165) is 0 Å². The fraction of sp³-hybridized carbons (Fsp3) is 0.267. The Hall–Kier alpha value is -4.41. The highest BCUT2D eigenvalue weighted by atomic mass is 35.5. The summed E-state index contributed by atoms with van der Waals surface area (Å²) in [6.07, 6.45) is -3.95. The third kappa shape index (κ3) is 5.36. The maximum absolute atomic E-state index is 14.0. The largest absolute Gasteiger partial charge is 0.495 e. The highest BCUT2D eigenvalue weighted by molar-refractivity contribution is 6.32. The Balaban J connectivity index is 1.53. The lowest BCUT2D eigenvalue weighted by molar-refractivity contribution is -0.218. The number of fused-ring (bicyclic) bond motifs is 2. The van der Waals surface area contributed by atoms with E-state index < -0.39 is 54.6 Å². The summed E-state index contributed by atoms with van der Waals surface area (Å²) < 4.78 is 33.0. The van der Waals surface area contributed by atoms with Crippen molar-refractivity contribution in [1.29, 1.82) is 0 Å². The van der Waals surface area contributed by atoms with E-state index in [4.69, 9.17) is 40.0 Å². The minimum Gasteiger partial charge on any atom is -0.495 e. The van der Waals surface area contributed by atoms with Gasteiger partial charge in [-0.1, -0.05) is 54.1 Å². The number of esters is 4. The molecule has 0 fully saturated rings. The summed E-state index contributed by atoms with van der Waals surface area (Å²) >= 11 is 6.33. The molecular weight excluding hydrogens is 556 g/mol. The molecule has 3 aromatic rings. The molecule has 0 saturated carbocycles. The molecule has 0 spiro atoms. The summed E-state index contributed by atoms with van der Waals surface area (Å²) in [5.74, 6) is -3.37. The molecule has 0 amide bonds. The van der Waals surface area contributed by atoms with E-state index in [1.807, 2.05) is 0 Å². The van der Waals surface area contributed by atoms with Gasteiger partial charge in [0.15, 0.2) is 0 Å². The van der Waals surface area contributed by atoms with Crippen LogP contribution in [0.1, 0.15) is 63.8 Å². The van der Waals surface area contributed by atoms with E-state index >= 15 is 0 Å². The van der Waals surface area contributed by atoms with Gasteiger partial charge >= 0.3 is 23.9 Å². The summed E-state index contributed by atoms with van der Waals surface area (Å²) in [6.45, 7) is 3.23. The molecule has 11 heteroatoms. The van der Waals surface area contributed by atoms with Gasteiger partial charge in [0, 0.05) is 17.5 Å². The van der Waals surface area contributed by atoms with Crippen LogP contribution in [-0.4, -0.2) is 42.7 Å². The Morgan fingerprint density at radius 3 is 1.83 bits per heavy atom. The van der Waals surface area contributed by atoms with Crippen molar-refractivity contribution in [2.24, 2.45) is 0 Å². The first-order valence-corrected chi connectivity index (χ1v) is 13.0. The Kier molecular flexibility index (Phi) is 7.70. The third-order valence-electron chi connectivity index (χ3n) is 6.49. The van der Waals surface area contributed by atoms with Gasteiger partial charge in [-0.15, -0.1) is 0 Å². The number of halogens is 1. The predicted octanol–water partition coefficient (Wildman–Crippen LogP) is 4.88. The van der Waals surface area contributed by atoms with Crippen LogP contribution in [0.15, 0.2) is 66.7 Å². The number of carbonyl (C=O) groups is 4. The fourth-order valence-corrected chi connectivity index (χ4v) is 4.94. The van der Waals surface area contributed by atoms with Crippen LogP contribution in [0.2, 0.25) is 5.02 Å². The average molecular weight is 581 g/mol. The molecule has 2 aliphatic rings. The summed E-state index contributed by atoms with van der Waals surface area (Å²) in [5.41, 5.74) is -0.968. The smallest absolute Gasteiger partial charge is 0.354 e. The number of cyclic esters (lactones) is 2. The van der Waals surface area contributed by atoms with Crippen molar-refractivity contribution < 1.29 is 47.6 Å². The normalized spacial score (nSPS) is 18.6. The van der Waals surface area contributed by atoms with Crippen molar-refractivity contribution in [3.05, 3.63) is 99.6 Å². The van der Waals surface area contributed by atoms with Crippen LogP contribution >= 0.6 is 11.6 Å². The van der Waals surface area contributed by atoms with Gasteiger partial charge in [-0.05, 0) is 43.7 Å². The van der Waals surface area contributed by atoms with E-state index in [1.54, 1.807) is 62.4 Å². The minimum atomic E-state index is -2.43. The third-order valence-corrected chi connectivity index (χ3v) is 6.79. The molecule has 212 valence electrons. The van der Waals surface area contributed by atoms with Crippen LogP contribution in [0.4, 0.5) is 0 Å². The molecule has 0 aliphatic carbocycles. The molecule has 2 aliphatic heterocycles. The molecule has 2 atom stereocenters. The Labute approximate surface area is 240 Å². The van der Waals surface area contributed by atoms with Crippen molar-refractivity contribution in [2.75, 3.05) is 7.11 Å². The lowest BCUT2D eigenvalue weighted by atomic mass is 9.93. The van der Waals surface area contributed by atoms with Crippen LogP contribution in [0.3, 0.4) is 0 Å². The van der Waals surface area contributed by atoms with Gasteiger partial charge in [0.2, 0.25) is 0 Å². The molecule has 2 unspecified atom stereocenters. The maximum Gasteiger partial charge on any atom is 0.354 e. The zero-order valence-corrected chi connectivity index (χ0v) is 23.0. The molecule has 0 bridgehead atoms. The van der Waals surface area contributed by atoms with Crippen molar-refractivity contribution in [1.82, 2.24) is 0 Å². The summed E-state index contributed by atoms with van der Waals surface area (Å²) in [4.78, 5) is 52.8. The van der Waals surface area contributed by atoms with Gasteiger partial charge in [0.05, 0.1) is 29.4 Å². The summed E-state index contributed by atoms with van der Waals surface area (Å²) in [6, 6.07) is 17.5. The van der Waals surface area contributed by atoms with Crippen LogP contribution < -0.4 is 4.74 Å². The van der Waals surface area contributed by atoms with Crippen LogP contribution in [0.25, 0.3) is 0 Å². The molecule has 41 heavy (non-hydrogen) atoms. The number of carbonyl (C=O) groups excluding carboxylic acids is 4. The zero-order valence-electron chi connectivity index (χ0n) is 22.3. The number of ether oxygens (including phenoxy) is 6. The maximum atomic E-state index is 14.0. The standard InChI is InChI=1S/C30H25ClO10/c1-16(2)41-30(15-17-12-13-23(36-3)22(31)14-17,28(34)39-26-20-10-6-4-8-18(20)24(32)37-26)29(35)40-27-21-11-7-5-9-19(21)25(33)38-27/h4-14,16,26-27H,15H2,1-3H3. The van der Waals surface area contributed by atoms with Gasteiger partial charge < -0.3 is 28.4 Å². The zero-order chi connectivity index (χ0) is 29.3. The van der Waals surface area contributed by atoms with E-state index in [2.05, 4.69) is 0 Å². The van der Waals surface area contributed by atoms with E-state index in [-0.39, 0.29) is 16.1 Å². The first-order chi connectivity index (χ1) is 19.6. The highest BCUT2D eigenvalue weighted by Gasteiger charge is 2.55. The van der Waals surface area contributed by atoms with Gasteiger partial charge in [0.1, 0.15) is 5.75 Å². The molecule has 0 N–H and O–H groups in total. The second kappa shape index (κ2) is 11.2. The minimum absolute atomic E-state index is 0.222. The predicted molar refractivity (Wildman–Crippen MR) is 142 cm³/mol. The van der Waals surface area contributed by atoms with E-state index in [1.165, 1.54) is 25.3 Å². The highest BCUT2D eigenvalue weighted by Crippen LogP contribution is 2.38. The number of benzene rings is 3. The van der Waals surface area contributed by atoms with Crippen LogP contribution in [0, 0.1) is 0 Å². The SMILES string of the molecule is COc1ccc(CC(OC(C)C)(C(=O)OC2OC(=O)c3ccccc32)C(=O)OC2OC(=O)c3ccccc32)cc1Cl.